The molecule has 0 amide bonds. The van der Waals surface area contributed by atoms with E-state index in [1.807, 2.05) is 12.1 Å². The predicted molar refractivity (Wildman–Crippen MR) is 82.5 cm³/mol. The van der Waals surface area contributed by atoms with Crippen LogP contribution in [0.4, 0.5) is 0 Å². The predicted octanol–water partition coefficient (Wildman–Crippen LogP) is 3.14. The molecule has 0 radical (unpaired) electrons. The average molecular weight is 310 g/mol. The molecule has 0 heterocycles. The van der Waals surface area contributed by atoms with Gasteiger partial charge in [-0.15, -0.1) is 0 Å². The first-order chi connectivity index (χ1) is 10.3. The van der Waals surface area contributed by atoms with Crippen LogP contribution in [0.5, 0.6) is 0 Å². The maximum Gasteiger partial charge on any atom is 0.187 e. The summed E-state index contributed by atoms with van der Waals surface area (Å²) in [7, 11) is -3.68. The average Bonchev–Trinajstić information content (AvgIpc) is 2.54. The largest absolute Gasteiger partial charge is 0.223 e. The van der Waals surface area contributed by atoms with E-state index >= 15 is 0 Å². The first kappa shape index (κ1) is 15.8. The summed E-state index contributed by atoms with van der Waals surface area (Å²) in [6.45, 7) is 3.13. The number of nitriles is 2. The fourth-order valence-corrected chi connectivity index (χ4v) is 3.84. The molecule has 0 unspecified atom stereocenters. The Hall–Kier alpha value is -2.63. The first-order valence-corrected chi connectivity index (χ1v) is 8.07. The van der Waals surface area contributed by atoms with Crippen LogP contribution in [0.15, 0.2) is 53.4 Å². The normalized spacial score (nSPS) is 11.5. The number of nitrogens with zero attached hydrogens (tertiary/aromatic N) is 2. The zero-order valence-corrected chi connectivity index (χ0v) is 13.1. The smallest absolute Gasteiger partial charge is 0.187 e. The Morgan fingerprint density at radius 1 is 0.955 bits per heavy atom. The van der Waals surface area contributed by atoms with Crippen molar-refractivity contribution in [2.45, 2.75) is 23.5 Å². The van der Waals surface area contributed by atoms with Crippen LogP contribution in [0.3, 0.4) is 0 Å². The van der Waals surface area contributed by atoms with Crippen molar-refractivity contribution >= 4 is 9.84 Å². The van der Waals surface area contributed by atoms with Crippen molar-refractivity contribution in [1.82, 2.24) is 0 Å². The molecule has 0 N–H and O–H groups in total. The second-order valence-electron chi connectivity index (χ2n) is 5.31. The monoisotopic (exact) mass is 310 g/mol. The van der Waals surface area contributed by atoms with Gasteiger partial charge in [0.05, 0.1) is 32.9 Å². The van der Waals surface area contributed by atoms with Crippen molar-refractivity contribution in [1.29, 1.82) is 10.5 Å². The van der Waals surface area contributed by atoms with E-state index in [-0.39, 0.29) is 10.5 Å². The van der Waals surface area contributed by atoms with E-state index < -0.39 is 14.6 Å². The van der Waals surface area contributed by atoms with Gasteiger partial charge >= 0.3 is 0 Å². The molecule has 0 saturated carbocycles. The summed E-state index contributed by atoms with van der Waals surface area (Å²) in [6.07, 6.45) is 0. The van der Waals surface area contributed by atoms with Crippen molar-refractivity contribution in [3.05, 3.63) is 65.2 Å². The Morgan fingerprint density at radius 2 is 1.59 bits per heavy atom. The van der Waals surface area contributed by atoms with Gasteiger partial charge in [0.2, 0.25) is 0 Å². The highest BCUT2D eigenvalue weighted by Gasteiger charge is 2.39. The highest BCUT2D eigenvalue weighted by molar-refractivity contribution is 7.92. The van der Waals surface area contributed by atoms with Crippen LogP contribution in [0, 0.1) is 22.7 Å². The van der Waals surface area contributed by atoms with Crippen molar-refractivity contribution in [3.8, 4) is 12.1 Å². The first-order valence-electron chi connectivity index (χ1n) is 6.59. The summed E-state index contributed by atoms with van der Waals surface area (Å²) in [5.74, 6) is 0. The molecule has 0 aliphatic carbocycles. The second-order valence-corrected chi connectivity index (χ2v) is 7.81. The molecule has 4 nitrogen and oxygen atoms in total. The molecule has 0 aromatic heterocycles. The molecule has 22 heavy (non-hydrogen) atoms. The van der Waals surface area contributed by atoms with E-state index in [1.165, 1.54) is 30.3 Å². The number of sulfone groups is 1. The van der Waals surface area contributed by atoms with Gasteiger partial charge in [-0.3, -0.25) is 0 Å². The molecule has 2 aromatic carbocycles. The van der Waals surface area contributed by atoms with Gasteiger partial charge < -0.3 is 0 Å². The van der Waals surface area contributed by atoms with E-state index in [1.54, 1.807) is 32.0 Å². The maximum absolute atomic E-state index is 12.9. The molecule has 5 heteroatoms. The third kappa shape index (κ3) is 2.47. The lowest BCUT2D eigenvalue weighted by Gasteiger charge is -2.26. The number of rotatable bonds is 3. The minimum atomic E-state index is -3.68. The molecule has 0 aliphatic heterocycles. The van der Waals surface area contributed by atoms with Crippen molar-refractivity contribution in [2.75, 3.05) is 0 Å². The van der Waals surface area contributed by atoms with Crippen LogP contribution in [0.25, 0.3) is 0 Å². The molecule has 0 aliphatic rings. The Kier molecular flexibility index (Phi) is 4.03. The summed E-state index contributed by atoms with van der Waals surface area (Å²) in [6, 6.07) is 16.5. The SMILES string of the molecule is CC(C)(c1ccc(C#N)cc1C#N)S(=O)(=O)c1ccccc1. The van der Waals surface area contributed by atoms with E-state index in [9.17, 15) is 13.7 Å². The Balaban J connectivity index is 2.66. The maximum atomic E-state index is 12.9. The fourth-order valence-electron chi connectivity index (χ4n) is 2.27. The number of hydrogen-bond donors (Lipinski definition) is 0. The zero-order valence-electron chi connectivity index (χ0n) is 12.2. The topological polar surface area (TPSA) is 81.7 Å². The van der Waals surface area contributed by atoms with Crippen LogP contribution in [-0.2, 0) is 14.6 Å². The van der Waals surface area contributed by atoms with E-state index in [0.29, 0.717) is 11.1 Å². The highest BCUT2D eigenvalue weighted by Crippen LogP contribution is 2.36. The van der Waals surface area contributed by atoms with Gasteiger partial charge in [0, 0.05) is 0 Å². The summed E-state index contributed by atoms with van der Waals surface area (Å²) in [4.78, 5) is 0.202. The fraction of sp³-hybridized carbons (Fsp3) is 0.176. The van der Waals surface area contributed by atoms with E-state index in [0.717, 1.165) is 0 Å². The summed E-state index contributed by atoms with van der Waals surface area (Å²) in [5, 5.41) is 18.2. The van der Waals surface area contributed by atoms with Gasteiger partial charge in [0.1, 0.15) is 0 Å². The van der Waals surface area contributed by atoms with Gasteiger partial charge in [-0.1, -0.05) is 24.3 Å². The lowest BCUT2D eigenvalue weighted by atomic mass is 9.95. The quantitative estimate of drug-likeness (QED) is 0.872. The lowest BCUT2D eigenvalue weighted by Crippen LogP contribution is -2.30. The van der Waals surface area contributed by atoms with Gasteiger partial charge in [-0.05, 0) is 43.7 Å². The van der Waals surface area contributed by atoms with Crippen LogP contribution in [0.2, 0.25) is 0 Å². The minimum absolute atomic E-state index is 0.198. The Labute approximate surface area is 130 Å². The standard InChI is InChI=1S/C17H14N2O2S/c1-17(2,22(20,21)15-6-4-3-5-7-15)16-9-8-13(11-18)10-14(16)12-19/h3-10H,1-2H3. The number of hydrogen-bond acceptors (Lipinski definition) is 4. The van der Waals surface area contributed by atoms with Crippen LogP contribution >= 0.6 is 0 Å². The minimum Gasteiger partial charge on any atom is -0.223 e. The van der Waals surface area contributed by atoms with Crippen LogP contribution in [-0.4, -0.2) is 8.42 Å². The second kappa shape index (κ2) is 5.63. The van der Waals surface area contributed by atoms with Gasteiger partial charge in [-0.25, -0.2) is 8.42 Å². The van der Waals surface area contributed by atoms with Crippen LogP contribution in [0.1, 0.15) is 30.5 Å². The zero-order chi connectivity index (χ0) is 16.4. The Morgan fingerprint density at radius 3 is 2.14 bits per heavy atom. The molecular weight excluding hydrogens is 296 g/mol. The molecule has 0 spiro atoms. The van der Waals surface area contributed by atoms with Crippen molar-refractivity contribution in [2.24, 2.45) is 0 Å². The third-order valence-electron chi connectivity index (χ3n) is 3.64. The van der Waals surface area contributed by atoms with Gasteiger partial charge in [0.15, 0.2) is 9.84 Å². The summed E-state index contributed by atoms with van der Waals surface area (Å²) >= 11 is 0. The van der Waals surface area contributed by atoms with Crippen molar-refractivity contribution in [3.63, 3.8) is 0 Å². The van der Waals surface area contributed by atoms with Crippen LogP contribution < -0.4 is 0 Å². The van der Waals surface area contributed by atoms with E-state index in [2.05, 4.69) is 0 Å². The van der Waals surface area contributed by atoms with Gasteiger partial charge in [-0.2, -0.15) is 10.5 Å². The molecule has 2 aromatic rings. The molecule has 0 bridgehead atoms. The molecule has 2 rings (SSSR count). The lowest BCUT2D eigenvalue weighted by molar-refractivity contribution is 0.554. The third-order valence-corrected chi connectivity index (χ3v) is 6.10. The van der Waals surface area contributed by atoms with Gasteiger partial charge in [0.25, 0.3) is 0 Å². The summed E-state index contributed by atoms with van der Waals surface area (Å²) in [5.41, 5.74) is 0.912. The molecule has 0 fully saturated rings. The summed E-state index contributed by atoms with van der Waals surface area (Å²) < 4.78 is 24.5. The molecular formula is C17H14N2O2S. The molecule has 110 valence electrons. The highest BCUT2D eigenvalue weighted by atomic mass is 32.2. The molecule has 0 saturated heterocycles. The Bertz CT molecular complexity index is 886. The van der Waals surface area contributed by atoms with Crippen molar-refractivity contribution < 1.29 is 8.42 Å². The molecule has 0 atom stereocenters. The van der Waals surface area contributed by atoms with E-state index in [4.69, 9.17) is 5.26 Å². The number of benzene rings is 2.